The predicted octanol–water partition coefficient (Wildman–Crippen LogP) is 1.76. The monoisotopic (exact) mass is 250 g/mol. The van der Waals surface area contributed by atoms with Gasteiger partial charge in [0.2, 0.25) is 5.91 Å². The fraction of sp³-hybridized carbons (Fsp3) is 0.364. The molecule has 2 rings (SSSR count). The van der Waals surface area contributed by atoms with Gasteiger partial charge in [-0.3, -0.25) is 4.79 Å². The molecule has 1 atom stereocenters. The fourth-order valence-corrected chi connectivity index (χ4v) is 2.25. The minimum atomic E-state index is -0.786. The lowest BCUT2D eigenvalue weighted by molar-refractivity contribution is -0.121. The van der Waals surface area contributed by atoms with Crippen molar-refractivity contribution in [1.29, 1.82) is 0 Å². The summed E-state index contributed by atoms with van der Waals surface area (Å²) in [7, 11) is 0. The summed E-state index contributed by atoms with van der Waals surface area (Å²) in [5, 5.41) is 5.06. The van der Waals surface area contributed by atoms with Crippen LogP contribution < -0.4 is 11.1 Å². The smallest absolute Gasteiger partial charge is 0.242 e. The van der Waals surface area contributed by atoms with Gasteiger partial charge in [0.1, 0.15) is 17.7 Å². The van der Waals surface area contributed by atoms with Gasteiger partial charge in [-0.15, -0.1) is 11.3 Å². The summed E-state index contributed by atoms with van der Waals surface area (Å²) in [6.45, 7) is 3.68. The number of hydrogen-bond acceptors (Lipinski definition) is 5. The molecule has 0 fully saturated rings. The van der Waals surface area contributed by atoms with Crippen LogP contribution in [0.3, 0.4) is 0 Å². The van der Waals surface area contributed by atoms with Crippen LogP contribution in [0.4, 0.5) is 5.82 Å². The van der Waals surface area contributed by atoms with Gasteiger partial charge in [0.25, 0.3) is 0 Å². The van der Waals surface area contributed by atoms with Crippen molar-refractivity contribution >= 4 is 33.3 Å². The summed E-state index contributed by atoms with van der Waals surface area (Å²) in [6, 6.07) is 1.92. The highest BCUT2D eigenvalue weighted by Gasteiger charge is 2.29. The zero-order chi connectivity index (χ0) is 12.5. The van der Waals surface area contributed by atoms with Crippen LogP contribution in [0, 0.1) is 0 Å². The Morgan fingerprint density at radius 3 is 3.00 bits per heavy atom. The minimum absolute atomic E-state index is 0.386. The number of primary amides is 1. The van der Waals surface area contributed by atoms with Crippen LogP contribution in [-0.2, 0) is 4.79 Å². The van der Waals surface area contributed by atoms with Crippen molar-refractivity contribution in [2.24, 2.45) is 5.73 Å². The van der Waals surface area contributed by atoms with Crippen molar-refractivity contribution in [3.05, 3.63) is 17.8 Å². The van der Waals surface area contributed by atoms with Crippen molar-refractivity contribution < 1.29 is 4.79 Å². The largest absolute Gasteiger partial charge is 0.368 e. The molecule has 5 nitrogen and oxygen atoms in total. The van der Waals surface area contributed by atoms with Crippen LogP contribution in [0.1, 0.15) is 20.3 Å². The Morgan fingerprint density at radius 2 is 2.35 bits per heavy atom. The number of nitrogens with two attached hydrogens (primary N) is 1. The predicted molar refractivity (Wildman–Crippen MR) is 68.9 cm³/mol. The van der Waals surface area contributed by atoms with E-state index in [0.717, 1.165) is 10.2 Å². The minimum Gasteiger partial charge on any atom is -0.368 e. The quantitative estimate of drug-likeness (QED) is 0.866. The molecular formula is C11H14N4OS. The van der Waals surface area contributed by atoms with Gasteiger partial charge in [0.15, 0.2) is 0 Å². The van der Waals surface area contributed by atoms with Crippen LogP contribution in [-0.4, -0.2) is 21.4 Å². The highest BCUT2D eigenvalue weighted by molar-refractivity contribution is 7.17. The summed E-state index contributed by atoms with van der Waals surface area (Å²) >= 11 is 1.54. The van der Waals surface area contributed by atoms with Crippen molar-refractivity contribution in [2.75, 3.05) is 5.32 Å². The van der Waals surface area contributed by atoms with Crippen LogP contribution in [0.25, 0.3) is 10.2 Å². The molecular weight excluding hydrogens is 236 g/mol. The molecule has 0 saturated carbocycles. The van der Waals surface area contributed by atoms with E-state index in [1.807, 2.05) is 18.4 Å². The summed E-state index contributed by atoms with van der Waals surface area (Å²) in [5.74, 6) is 0.275. The van der Waals surface area contributed by atoms with E-state index in [0.29, 0.717) is 12.2 Å². The molecule has 0 aliphatic carbocycles. The number of nitrogens with one attached hydrogen (secondary N) is 1. The first kappa shape index (κ1) is 11.8. The number of hydrogen-bond donors (Lipinski definition) is 2. The normalized spacial score (nSPS) is 14.5. The van der Waals surface area contributed by atoms with Gasteiger partial charge < -0.3 is 11.1 Å². The highest BCUT2D eigenvalue weighted by Crippen LogP contribution is 2.27. The van der Waals surface area contributed by atoms with Crippen LogP contribution in [0.2, 0.25) is 0 Å². The number of thiophene rings is 1. The number of aromatic nitrogens is 2. The maximum atomic E-state index is 11.5. The zero-order valence-corrected chi connectivity index (χ0v) is 10.5. The molecule has 6 heteroatoms. The van der Waals surface area contributed by atoms with Crippen LogP contribution >= 0.6 is 11.3 Å². The Labute approximate surface area is 103 Å². The molecule has 17 heavy (non-hydrogen) atoms. The fourth-order valence-electron chi connectivity index (χ4n) is 1.46. The Bertz CT molecular complexity index is 553. The lowest BCUT2D eigenvalue weighted by Gasteiger charge is -2.26. The summed E-state index contributed by atoms with van der Waals surface area (Å²) < 4.78 is 0.938. The SMILES string of the molecule is CCC(C)(Nc1ncnc2ccsc12)C(N)=O. The van der Waals surface area contributed by atoms with E-state index in [1.165, 1.54) is 17.7 Å². The summed E-state index contributed by atoms with van der Waals surface area (Å²) in [6.07, 6.45) is 2.08. The number of rotatable bonds is 4. The average molecular weight is 250 g/mol. The first-order valence-corrected chi connectivity index (χ1v) is 6.21. The summed E-state index contributed by atoms with van der Waals surface area (Å²) in [4.78, 5) is 19.8. The lowest BCUT2D eigenvalue weighted by Crippen LogP contribution is -2.47. The van der Waals surface area contributed by atoms with Crippen molar-refractivity contribution in [1.82, 2.24) is 9.97 Å². The average Bonchev–Trinajstić information content (AvgIpc) is 2.77. The van der Waals surface area contributed by atoms with Crippen molar-refractivity contribution in [3.63, 3.8) is 0 Å². The Kier molecular flexibility index (Phi) is 2.97. The first-order chi connectivity index (χ1) is 8.07. The van der Waals surface area contributed by atoms with Gasteiger partial charge in [-0.05, 0) is 24.8 Å². The maximum Gasteiger partial charge on any atom is 0.242 e. The second kappa shape index (κ2) is 4.29. The van der Waals surface area contributed by atoms with Gasteiger partial charge in [0, 0.05) is 0 Å². The van der Waals surface area contributed by atoms with Gasteiger partial charge in [0.05, 0.1) is 10.2 Å². The highest BCUT2D eigenvalue weighted by atomic mass is 32.1. The van der Waals surface area contributed by atoms with Crippen LogP contribution in [0.5, 0.6) is 0 Å². The number of nitrogens with zero attached hydrogens (tertiary/aromatic N) is 2. The molecule has 0 aromatic carbocycles. The number of amides is 1. The molecule has 1 unspecified atom stereocenters. The number of anilines is 1. The third-order valence-electron chi connectivity index (χ3n) is 2.89. The number of carbonyl (C=O) groups excluding carboxylic acids is 1. The second-order valence-electron chi connectivity index (χ2n) is 4.03. The molecule has 3 N–H and O–H groups in total. The standard InChI is InChI=1S/C11H14N4OS/c1-3-11(2,10(12)16)15-9-8-7(4-5-17-8)13-6-14-9/h4-6H,3H2,1-2H3,(H2,12,16)(H,13,14,15). The number of fused-ring (bicyclic) bond motifs is 1. The van der Waals surface area contributed by atoms with E-state index in [2.05, 4.69) is 15.3 Å². The maximum absolute atomic E-state index is 11.5. The van der Waals surface area contributed by atoms with E-state index in [4.69, 9.17) is 5.73 Å². The van der Waals surface area contributed by atoms with E-state index in [9.17, 15) is 4.79 Å². The van der Waals surface area contributed by atoms with Gasteiger partial charge in [-0.2, -0.15) is 0 Å². The Balaban J connectivity index is 2.41. The van der Waals surface area contributed by atoms with E-state index in [1.54, 1.807) is 6.92 Å². The molecule has 2 heterocycles. The first-order valence-electron chi connectivity index (χ1n) is 5.33. The molecule has 2 aromatic heterocycles. The van der Waals surface area contributed by atoms with Crippen LogP contribution in [0.15, 0.2) is 17.8 Å². The molecule has 1 amide bonds. The van der Waals surface area contributed by atoms with E-state index in [-0.39, 0.29) is 5.91 Å². The van der Waals surface area contributed by atoms with Gasteiger partial charge in [-0.25, -0.2) is 9.97 Å². The van der Waals surface area contributed by atoms with Crippen molar-refractivity contribution in [2.45, 2.75) is 25.8 Å². The molecule has 0 spiro atoms. The molecule has 0 aliphatic heterocycles. The zero-order valence-electron chi connectivity index (χ0n) is 9.73. The second-order valence-corrected chi connectivity index (χ2v) is 4.95. The van der Waals surface area contributed by atoms with Crippen molar-refractivity contribution in [3.8, 4) is 0 Å². The third-order valence-corrected chi connectivity index (χ3v) is 3.80. The molecule has 90 valence electrons. The lowest BCUT2D eigenvalue weighted by atomic mass is 9.98. The molecule has 0 bridgehead atoms. The summed E-state index contributed by atoms with van der Waals surface area (Å²) in [5.41, 5.74) is 5.49. The van der Waals surface area contributed by atoms with Gasteiger partial charge >= 0.3 is 0 Å². The molecule has 0 radical (unpaired) electrons. The third kappa shape index (κ3) is 2.08. The molecule has 0 saturated heterocycles. The van der Waals surface area contributed by atoms with E-state index >= 15 is 0 Å². The van der Waals surface area contributed by atoms with E-state index < -0.39 is 5.54 Å². The molecule has 0 aliphatic rings. The number of carbonyl (C=O) groups is 1. The Hall–Kier alpha value is -1.69. The molecule has 2 aromatic rings. The Morgan fingerprint density at radius 1 is 1.59 bits per heavy atom. The topological polar surface area (TPSA) is 80.9 Å². The van der Waals surface area contributed by atoms with Gasteiger partial charge in [-0.1, -0.05) is 6.92 Å².